The standard InChI is InChI=1S/C18H18O2S/c1-2-3-10-20-12-13-8-9-17-15(11-13)18(19)14-6-4-5-7-16(14)21-17/h4-9,11H,2-3,10,12H2,1H3. The SMILES string of the molecule is CCCCOCc1ccc2sc3ccccc3c(=O)c2c1. The van der Waals surface area contributed by atoms with E-state index in [-0.39, 0.29) is 5.43 Å². The van der Waals surface area contributed by atoms with Gasteiger partial charge in [0.1, 0.15) is 0 Å². The van der Waals surface area contributed by atoms with Gasteiger partial charge >= 0.3 is 0 Å². The molecule has 0 atom stereocenters. The summed E-state index contributed by atoms with van der Waals surface area (Å²) in [7, 11) is 0. The molecule has 0 radical (unpaired) electrons. The first-order valence-corrected chi connectivity index (χ1v) is 8.13. The number of ether oxygens (including phenoxy) is 1. The van der Waals surface area contributed by atoms with Crippen LogP contribution >= 0.6 is 11.3 Å². The van der Waals surface area contributed by atoms with E-state index in [2.05, 4.69) is 13.0 Å². The van der Waals surface area contributed by atoms with E-state index in [4.69, 9.17) is 4.74 Å². The molecular formula is C18H18O2S. The molecule has 0 saturated heterocycles. The van der Waals surface area contributed by atoms with Gasteiger partial charge in [0.2, 0.25) is 0 Å². The second-order valence-corrected chi connectivity index (χ2v) is 6.25. The number of fused-ring (bicyclic) bond motifs is 2. The Morgan fingerprint density at radius 2 is 1.86 bits per heavy atom. The van der Waals surface area contributed by atoms with Crippen molar-refractivity contribution >= 4 is 31.5 Å². The minimum Gasteiger partial charge on any atom is -0.377 e. The third-order valence-corrected chi connectivity index (χ3v) is 4.70. The maximum absolute atomic E-state index is 12.6. The van der Waals surface area contributed by atoms with Crippen molar-refractivity contribution in [2.75, 3.05) is 6.61 Å². The van der Waals surface area contributed by atoms with Crippen LogP contribution in [0.2, 0.25) is 0 Å². The Bertz CT molecular complexity index is 820. The van der Waals surface area contributed by atoms with Crippen LogP contribution in [0, 0.1) is 0 Å². The molecule has 0 bridgehead atoms. The minimum absolute atomic E-state index is 0.120. The average molecular weight is 298 g/mol. The van der Waals surface area contributed by atoms with E-state index in [1.54, 1.807) is 11.3 Å². The van der Waals surface area contributed by atoms with Crippen molar-refractivity contribution in [3.05, 3.63) is 58.3 Å². The Balaban J connectivity index is 1.99. The molecule has 3 heteroatoms. The van der Waals surface area contributed by atoms with Gasteiger partial charge in [0.25, 0.3) is 0 Å². The Labute approximate surface area is 128 Å². The zero-order valence-corrected chi connectivity index (χ0v) is 12.9. The van der Waals surface area contributed by atoms with Crippen molar-refractivity contribution < 1.29 is 4.74 Å². The largest absolute Gasteiger partial charge is 0.377 e. The van der Waals surface area contributed by atoms with Gasteiger partial charge in [-0.15, -0.1) is 11.3 Å². The molecular weight excluding hydrogens is 280 g/mol. The first-order chi connectivity index (χ1) is 10.3. The first kappa shape index (κ1) is 14.2. The van der Waals surface area contributed by atoms with Crippen molar-refractivity contribution in [1.82, 2.24) is 0 Å². The van der Waals surface area contributed by atoms with E-state index in [0.717, 1.165) is 45.2 Å². The maximum Gasteiger partial charge on any atom is 0.195 e. The number of hydrogen-bond donors (Lipinski definition) is 0. The molecule has 0 aliphatic rings. The minimum atomic E-state index is 0.120. The molecule has 0 unspecified atom stereocenters. The molecule has 0 N–H and O–H groups in total. The molecule has 1 heterocycles. The summed E-state index contributed by atoms with van der Waals surface area (Å²) < 4.78 is 7.72. The van der Waals surface area contributed by atoms with E-state index in [1.165, 1.54) is 0 Å². The Morgan fingerprint density at radius 1 is 1.05 bits per heavy atom. The lowest BCUT2D eigenvalue weighted by Gasteiger charge is -2.06. The molecule has 2 nitrogen and oxygen atoms in total. The van der Waals surface area contributed by atoms with Gasteiger partial charge in [-0.1, -0.05) is 31.5 Å². The highest BCUT2D eigenvalue weighted by molar-refractivity contribution is 7.24. The van der Waals surface area contributed by atoms with Crippen LogP contribution in [0.5, 0.6) is 0 Å². The molecule has 2 aromatic carbocycles. The Kier molecular flexibility index (Phi) is 4.32. The molecule has 21 heavy (non-hydrogen) atoms. The smallest absolute Gasteiger partial charge is 0.195 e. The van der Waals surface area contributed by atoms with Crippen LogP contribution in [0.4, 0.5) is 0 Å². The van der Waals surface area contributed by atoms with E-state index in [9.17, 15) is 4.79 Å². The second kappa shape index (κ2) is 6.37. The van der Waals surface area contributed by atoms with Gasteiger partial charge in [-0.3, -0.25) is 4.79 Å². The second-order valence-electron chi connectivity index (χ2n) is 5.16. The van der Waals surface area contributed by atoms with Crippen LogP contribution < -0.4 is 5.43 Å². The number of rotatable bonds is 5. The zero-order valence-electron chi connectivity index (χ0n) is 12.1. The van der Waals surface area contributed by atoms with Crippen molar-refractivity contribution in [2.45, 2.75) is 26.4 Å². The molecule has 0 saturated carbocycles. The van der Waals surface area contributed by atoms with Gasteiger partial charge in [-0.2, -0.15) is 0 Å². The van der Waals surface area contributed by atoms with Gasteiger partial charge in [-0.25, -0.2) is 0 Å². The van der Waals surface area contributed by atoms with Gasteiger partial charge in [0, 0.05) is 26.8 Å². The molecule has 0 aliphatic heterocycles. The molecule has 1 aromatic heterocycles. The van der Waals surface area contributed by atoms with Crippen LogP contribution in [0.3, 0.4) is 0 Å². The van der Waals surface area contributed by atoms with Crippen molar-refractivity contribution in [3.8, 4) is 0 Å². The molecule has 0 fully saturated rings. The highest BCUT2D eigenvalue weighted by Gasteiger charge is 2.06. The van der Waals surface area contributed by atoms with Crippen LogP contribution in [0.15, 0.2) is 47.3 Å². The predicted molar refractivity (Wildman–Crippen MR) is 90.2 cm³/mol. The lowest BCUT2D eigenvalue weighted by molar-refractivity contribution is 0.118. The van der Waals surface area contributed by atoms with Crippen LogP contribution in [0.25, 0.3) is 20.2 Å². The fourth-order valence-corrected chi connectivity index (χ4v) is 3.43. The van der Waals surface area contributed by atoms with Gasteiger partial charge in [0.15, 0.2) is 5.43 Å². The van der Waals surface area contributed by atoms with Crippen LogP contribution in [-0.4, -0.2) is 6.61 Å². The van der Waals surface area contributed by atoms with E-state index >= 15 is 0 Å². The van der Waals surface area contributed by atoms with E-state index in [0.29, 0.717) is 6.61 Å². The third kappa shape index (κ3) is 2.99. The molecule has 3 aromatic rings. The summed E-state index contributed by atoms with van der Waals surface area (Å²) in [6, 6.07) is 13.9. The molecule has 0 amide bonds. The lowest BCUT2D eigenvalue weighted by atomic mass is 10.1. The molecule has 108 valence electrons. The third-order valence-electron chi connectivity index (χ3n) is 3.55. The van der Waals surface area contributed by atoms with Crippen molar-refractivity contribution in [1.29, 1.82) is 0 Å². The number of benzene rings is 2. The summed E-state index contributed by atoms with van der Waals surface area (Å²) in [4.78, 5) is 12.6. The average Bonchev–Trinajstić information content (AvgIpc) is 2.52. The predicted octanol–water partition coefficient (Wildman–Crippen LogP) is 4.73. The summed E-state index contributed by atoms with van der Waals surface area (Å²) in [5, 5.41) is 1.61. The lowest BCUT2D eigenvalue weighted by Crippen LogP contribution is -2.02. The van der Waals surface area contributed by atoms with E-state index in [1.807, 2.05) is 36.4 Å². The topological polar surface area (TPSA) is 26.3 Å². The van der Waals surface area contributed by atoms with Gasteiger partial charge in [0.05, 0.1) is 6.61 Å². The van der Waals surface area contributed by atoms with Crippen molar-refractivity contribution in [3.63, 3.8) is 0 Å². The zero-order chi connectivity index (χ0) is 14.7. The fraction of sp³-hybridized carbons (Fsp3) is 0.278. The van der Waals surface area contributed by atoms with Crippen LogP contribution in [0.1, 0.15) is 25.3 Å². The van der Waals surface area contributed by atoms with Gasteiger partial charge < -0.3 is 4.74 Å². The Hall–Kier alpha value is -1.71. The molecule has 0 aliphatic carbocycles. The first-order valence-electron chi connectivity index (χ1n) is 7.32. The highest BCUT2D eigenvalue weighted by atomic mass is 32.1. The fourth-order valence-electron chi connectivity index (χ4n) is 2.38. The quantitative estimate of drug-likeness (QED) is 0.503. The van der Waals surface area contributed by atoms with Crippen LogP contribution in [-0.2, 0) is 11.3 Å². The summed E-state index contributed by atoms with van der Waals surface area (Å²) in [5.74, 6) is 0. The molecule has 0 spiro atoms. The Morgan fingerprint density at radius 3 is 2.71 bits per heavy atom. The summed E-state index contributed by atoms with van der Waals surface area (Å²) >= 11 is 1.67. The van der Waals surface area contributed by atoms with Crippen molar-refractivity contribution in [2.24, 2.45) is 0 Å². The monoisotopic (exact) mass is 298 g/mol. The van der Waals surface area contributed by atoms with Gasteiger partial charge in [-0.05, 0) is 36.2 Å². The number of hydrogen-bond acceptors (Lipinski definition) is 3. The highest BCUT2D eigenvalue weighted by Crippen LogP contribution is 2.25. The number of unbranched alkanes of at least 4 members (excludes halogenated alkanes) is 1. The summed E-state index contributed by atoms with van der Waals surface area (Å²) in [6.07, 6.45) is 2.21. The van der Waals surface area contributed by atoms with E-state index < -0.39 is 0 Å². The maximum atomic E-state index is 12.6. The summed E-state index contributed by atoms with van der Waals surface area (Å²) in [6.45, 7) is 3.50. The normalized spacial score (nSPS) is 11.3. The molecule has 3 rings (SSSR count). The summed E-state index contributed by atoms with van der Waals surface area (Å²) in [5.41, 5.74) is 1.19.